The SMILES string of the molecule is CCSc1ncc(C(C)(C)C)s1. The van der Waals surface area contributed by atoms with E-state index in [0.717, 1.165) is 5.75 Å². The van der Waals surface area contributed by atoms with E-state index in [1.807, 2.05) is 29.3 Å². The Morgan fingerprint density at radius 3 is 2.58 bits per heavy atom. The fraction of sp³-hybridized carbons (Fsp3) is 0.667. The lowest BCUT2D eigenvalue weighted by Crippen LogP contribution is -2.07. The molecule has 1 nitrogen and oxygen atoms in total. The van der Waals surface area contributed by atoms with Crippen molar-refractivity contribution in [1.82, 2.24) is 4.98 Å². The highest BCUT2D eigenvalue weighted by Gasteiger charge is 2.16. The van der Waals surface area contributed by atoms with Gasteiger partial charge in [0.2, 0.25) is 0 Å². The first-order chi connectivity index (χ1) is 5.54. The lowest BCUT2D eigenvalue weighted by Gasteiger charge is -2.14. The van der Waals surface area contributed by atoms with Gasteiger partial charge in [0.05, 0.1) is 0 Å². The molecule has 3 heteroatoms. The second kappa shape index (κ2) is 3.79. The van der Waals surface area contributed by atoms with E-state index in [2.05, 4.69) is 32.7 Å². The number of nitrogens with zero attached hydrogens (tertiary/aromatic N) is 1. The van der Waals surface area contributed by atoms with E-state index in [9.17, 15) is 0 Å². The molecule has 1 rings (SSSR count). The number of thiazole rings is 1. The van der Waals surface area contributed by atoms with Gasteiger partial charge in [0.25, 0.3) is 0 Å². The van der Waals surface area contributed by atoms with E-state index in [-0.39, 0.29) is 5.41 Å². The summed E-state index contributed by atoms with van der Waals surface area (Å²) in [7, 11) is 0. The summed E-state index contributed by atoms with van der Waals surface area (Å²) in [4.78, 5) is 5.73. The van der Waals surface area contributed by atoms with Gasteiger partial charge in [-0.3, -0.25) is 0 Å². The lowest BCUT2D eigenvalue weighted by molar-refractivity contribution is 0.602. The summed E-state index contributed by atoms with van der Waals surface area (Å²) in [5.74, 6) is 1.11. The number of aromatic nitrogens is 1. The van der Waals surface area contributed by atoms with E-state index in [1.165, 1.54) is 9.22 Å². The van der Waals surface area contributed by atoms with Crippen molar-refractivity contribution in [3.05, 3.63) is 11.1 Å². The maximum atomic E-state index is 4.35. The van der Waals surface area contributed by atoms with Crippen LogP contribution in [0.2, 0.25) is 0 Å². The molecule has 0 aliphatic rings. The molecule has 0 radical (unpaired) electrons. The van der Waals surface area contributed by atoms with Crippen molar-refractivity contribution in [3.63, 3.8) is 0 Å². The molecule has 0 N–H and O–H groups in total. The van der Waals surface area contributed by atoms with E-state index in [0.29, 0.717) is 0 Å². The maximum Gasteiger partial charge on any atom is 0.150 e. The average molecular weight is 201 g/mol. The van der Waals surface area contributed by atoms with Crippen molar-refractivity contribution in [2.75, 3.05) is 5.75 Å². The highest BCUT2D eigenvalue weighted by atomic mass is 32.2. The summed E-state index contributed by atoms with van der Waals surface area (Å²) in [5, 5.41) is 0. The molecule has 12 heavy (non-hydrogen) atoms. The van der Waals surface area contributed by atoms with Gasteiger partial charge in [-0.2, -0.15) is 0 Å². The van der Waals surface area contributed by atoms with Crippen LogP contribution in [0.1, 0.15) is 32.6 Å². The van der Waals surface area contributed by atoms with Crippen LogP contribution in [0.25, 0.3) is 0 Å². The second-order valence-corrected chi connectivity index (χ2v) is 6.22. The number of hydrogen-bond acceptors (Lipinski definition) is 3. The van der Waals surface area contributed by atoms with E-state index in [1.54, 1.807) is 0 Å². The minimum absolute atomic E-state index is 0.254. The molecule has 0 unspecified atom stereocenters. The van der Waals surface area contributed by atoms with Gasteiger partial charge >= 0.3 is 0 Å². The van der Waals surface area contributed by atoms with Gasteiger partial charge in [0.15, 0.2) is 0 Å². The molecule has 1 aromatic heterocycles. The molecule has 0 aliphatic heterocycles. The van der Waals surface area contributed by atoms with Gasteiger partial charge in [-0.05, 0) is 11.2 Å². The molecule has 0 saturated heterocycles. The molecule has 0 spiro atoms. The third kappa shape index (κ3) is 2.49. The molecule has 0 fully saturated rings. The van der Waals surface area contributed by atoms with Crippen LogP contribution >= 0.6 is 23.1 Å². The van der Waals surface area contributed by atoms with Gasteiger partial charge in [-0.15, -0.1) is 11.3 Å². The van der Waals surface area contributed by atoms with Crippen LogP contribution in [0.5, 0.6) is 0 Å². The molecular weight excluding hydrogens is 186 g/mol. The number of thioether (sulfide) groups is 1. The van der Waals surface area contributed by atoms with Gasteiger partial charge in [0, 0.05) is 11.1 Å². The average Bonchev–Trinajstić information content (AvgIpc) is 2.35. The third-order valence-electron chi connectivity index (χ3n) is 1.49. The Bertz CT molecular complexity index is 247. The zero-order valence-corrected chi connectivity index (χ0v) is 9.68. The third-order valence-corrected chi connectivity index (χ3v) is 3.95. The molecular formula is C9H15NS2. The molecule has 0 aromatic carbocycles. The first kappa shape index (κ1) is 10.1. The smallest absolute Gasteiger partial charge is 0.150 e. The molecule has 68 valence electrons. The first-order valence-corrected chi connectivity index (χ1v) is 5.93. The van der Waals surface area contributed by atoms with Gasteiger partial charge in [-0.25, -0.2) is 4.98 Å². The predicted molar refractivity (Wildman–Crippen MR) is 57.2 cm³/mol. The fourth-order valence-corrected chi connectivity index (χ4v) is 2.73. The number of hydrogen-bond donors (Lipinski definition) is 0. The summed E-state index contributed by atoms with van der Waals surface area (Å²) < 4.78 is 1.20. The summed E-state index contributed by atoms with van der Waals surface area (Å²) in [6, 6.07) is 0. The van der Waals surface area contributed by atoms with Crippen molar-refractivity contribution in [3.8, 4) is 0 Å². The van der Waals surface area contributed by atoms with Gasteiger partial charge in [-0.1, -0.05) is 39.5 Å². The van der Waals surface area contributed by atoms with E-state index < -0.39 is 0 Å². The summed E-state index contributed by atoms with van der Waals surface area (Å²) in [6.45, 7) is 8.82. The molecule has 0 aliphatic carbocycles. The van der Waals surface area contributed by atoms with Crippen molar-refractivity contribution in [1.29, 1.82) is 0 Å². The van der Waals surface area contributed by atoms with Crippen LogP contribution in [0.15, 0.2) is 10.5 Å². The molecule has 0 amide bonds. The molecule has 0 atom stereocenters. The lowest BCUT2D eigenvalue weighted by atomic mass is 9.96. The second-order valence-electron chi connectivity index (χ2n) is 3.67. The van der Waals surface area contributed by atoms with E-state index in [4.69, 9.17) is 0 Å². The highest BCUT2D eigenvalue weighted by molar-refractivity contribution is 8.01. The molecule has 0 saturated carbocycles. The van der Waals surface area contributed by atoms with Crippen LogP contribution in [0.3, 0.4) is 0 Å². The Morgan fingerprint density at radius 2 is 2.17 bits per heavy atom. The minimum atomic E-state index is 0.254. The molecule has 1 heterocycles. The zero-order chi connectivity index (χ0) is 9.19. The van der Waals surface area contributed by atoms with Crippen LogP contribution < -0.4 is 0 Å². The Kier molecular flexibility index (Phi) is 3.18. The predicted octanol–water partition coefficient (Wildman–Crippen LogP) is 3.55. The maximum absolute atomic E-state index is 4.35. The Labute approximate surface area is 82.6 Å². The first-order valence-electron chi connectivity index (χ1n) is 4.13. The summed E-state index contributed by atoms with van der Waals surface area (Å²) in [6.07, 6.45) is 2.00. The van der Waals surface area contributed by atoms with Crippen molar-refractivity contribution in [2.45, 2.75) is 37.4 Å². The van der Waals surface area contributed by atoms with Crippen molar-refractivity contribution in [2.24, 2.45) is 0 Å². The Balaban J connectivity index is 2.77. The fourth-order valence-electron chi connectivity index (χ4n) is 0.795. The molecule has 1 aromatic rings. The number of rotatable bonds is 2. The normalized spacial score (nSPS) is 12.0. The van der Waals surface area contributed by atoms with E-state index >= 15 is 0 Å². The highest BCUT2D eigenvalue weighted by Crippen LogP contribution is 2.31. The van der Waals surface area contributed by atoms with Crippen molar-refractivity contribution >= 4 is 23.1 Å². The summed E-state index contributed by atoms with van der Waals surface area (Å²) in [5.41, 5.74) is 0.254. The topological polar surface area (TPSA) is 12.9 Å². The van der Waals surface area contributed by atoms with Crippen LogP contribution in [0, 0.1) is 0 Å². The molecule has 0 bridgehead atoms. The van der Waals surface area contributed by atoms with Crippen molar-refractivity contribution < 1.29 is 0 Å². The largest absolute Gasteiger partial charge is 0.238 e. The Morgan fingerprint density at radius 1 is 1.50 bits per heavy atom. The standard InChI is InChI=1S/C9H15NS2/c1-5-11-8-10-6-7(12-8)9(2,3)4/h6H,5H2,1-4H3. The Hall–Kier alpha value is -0.0200. The monoisotopic (exact) mass is 201 g/mol. The van der Waals surface area contributed by atoms with Crippen LogP contribution in [0.4, 0.5) is 0 Å². The van der Waals surface area contributed by atoms with Crippen LogP contribution in [-0.2, 0) is 5.41 Å². The quantitative estimate of drug-likeness (QED) is 0.679. The minimum Gasteiger partial charge on any atom is -0.238 e. The van der Waals surface area contributed by atoms with Gasteiger partial charge < -0.3 is 0 Å². The van der Waals surface area contributed by atoms with Gasteiger partial charge in [0.1, 0.15) is 4.34 Å². The summed E-state index contributed by atoms with van der Waals surface area (Å²) >= 11 is 3.64. The zero-order valence-electron chi connectivity index (χ0n) is 8.05. The van der Waals surface area contributed by atoms with Crippen LogP contribution in [-0.4, -0.2) is 10.7 Å².